The third-order valence-electron chi connectivity index (χ3n) is 2.54. The molecule has 0 spiro atoms. The Morgan fingerprint density at radius 1 is 1.39 bits per heavy atom. The lowest BCUT2D eigenvalue weighted by Crippen LogP contribution is -2.20. The van der Waals surface area contributed by atoms with Crippen molar-refractivity contribution in [3.63, 3.8) is 0 Å². The quantitative estimate of drug-likeness (QED) is 0.844. The fraction of sp³-hybridized carbons (Fsp3) is 0.462. The van der Waals surface area contributed by atoms with E-state index < -0.39 is 0 Å². The van der Waals surface area contributed by atoms with Gasteiger partial charge in [0.2, 0.25) is 5.91 Å². The molecule has 18 heavy (non-hydrogen) atoms. The van der Waals surface area contributed by atoms with Crippen LogP contribution in [0.1, 0.15) is 17.5 Å². The van der Waals surface area contributed by atoms with Gasteiger partial charge in [-0.2, -0.15) is 0 Å². The van der Waals surface area contributed by atoms with E-state index >= 15 is 0 Å². The number of carbonyl (C=O) groups is 1. The van der Waals surface area contributed by atoms with Crippen LogP contribution in [0.5, 0.6) is 5.75 Å². The maximum Gasteiger partial charge on any atom is 0.223 e. The fourth-order valence-corrected chi connectivity index (χ4v) is 2.32. The minimum Gasteiger partial charge on any atom is -0.492 e. The van der Waals surface area contributed by atoms with Gasteiger partial charge in [0.15, 0.2) is 0 Å². The Kier molecular flexibility index (Phi) is 6.15. The number of amides is 1. The Labute approximate surface area is 116 Å². The second-order valence-corrected chi connectivity index (χ2v) is 4.93. The molecule has 0 saturated carbocycles. The van der Waals surface area contributed by atoms with Gasteiger partial charge in [-0.1, -0.05) is 15.9 Å². The Bertz CT molecular complexity index is 422. The molecule has 0 aliphatic carbocycles. The van der Waals surface area contributed by atoms with E-state index in [1.54, 1.807) is 7.05 Å². The van der Waals surface area contributed by atoms with Crippen LogP contribution < -0.4 is 15.4 Å². The highest BCUT2D eigenvalue weighted by Gasteiger charge is 2.09. The van der Waals surface area contributed by atoms with Crippen LogP contribution in [0.15, 0.2) is 16.6 Å². The van der Waals surface area contributed by atoms with Crippen LogP contribution in [0.25, 0.3) is 0 Å². The number of benzene rings is 1. The molecule has 0 aliphatic heterocycles. The topological polar surface area (TPSA) is 50.4 Å². The van der Waals surface area contributed by atoms with Crippen molar-refractivity contribution in [2.45, 2.75) is 19.9 Å². The molecule has 0 radical (unpaired) electrons. The maximum atomic E-state index is 11.1. The highest BCUT2D eigenvalue weighted by Crippen LogP contribution is 2.28. The molecule has 2 N–H and O–H groups in total. The van der Waals surface area contributed by atoms with Gasteiger partial charge in [0, 0.05) is 23.6 Å². The summed E-state index contributed by atoms with van der Waals surface area (Å²) in [6.07, 6.45) is 0.366. The number of aryl methyl sites for hydroxylation is 1. The molecule has 0 fully saturated rings. The minimum absolute atomic E-state index is 0.0140. The van der Waals surface area contributed by atoms with E-state index in [0.29, 0.717) is 13.0 Å². The van der Waals surface area contributed by atoms with Gasteiger partial charge in [-0.25, -0.2) is 0 Å². The van der Waals surface area contributed by atoms with Crippen molar-refractivity contribution in [3.8, 4) is 5.75 Å². The van der Waals surface area contributed by atoms with Crippen LogP contribution in [-0.4, -0.2) is 26.6 Å². The summed E-state index contributed by atoms with van der Waals surface area (Å²) in [4.78, 5) is 11.1. The van der Waals surface area contributed by atoms with Crippen LogP contribution in [0, 0.1) is 6.92 Å². The van der Waals surface area contributed by atoms with Crippen molar-refractivity contribution in [3.05, 3.63) is 27.7 Å². The Balaban J connectivity index is 2.76. The lowest BCUT2D eigenvalue weighted by Gasteiger charge is -2.14. The fourth-order valence-electron chi connectivity index (χ4n) is 1.70. The predicted molar refractivity (Wildman–Crippen MR) is 75.8 cm³/mol. The molecule has 5 heteroatoms. The lowest BCUT2D eigenvalue weighted by molar-refractivity contribution is -0.121. The van der Waals surface area contributed by atoms with E-state index in [4.69, 9.17) is 4.74 Å². The summed E-state index contributed by atoms with van der Waals surface area (Å²) < 4.78 is 6.76. The summed E-state index contributed by atoms with van der Waals surface area (Å²) in [6, 6.07) is 4.03. The largest absolute Gasteiger partial charge is 0.492 e. The van der Waals surface area contributed by atoms with Crippen molar-refractivity contribution in [2.75, 3.05) is 20.7 Å². The van der Waals surface area contributed by atoms with Gasteiger partial charge in [0.05, 0.1) is 13.0 Å². The average molecular weight is 315 g/mol. The zero-order chi connectivity index (χ0) is 13.5. The van der Waals surface area contributed by atoms with E-state index in [0.717, 1.165) is 27.9 Å². The summed E-state index contributed by atoms with van der Waals surface area (Å²) in [6.45, 7) is 3.12. The number of rotatable bonds is 6. The Morgan fingerprint density at radius 3 is 2.72 bits per heavy atom. The zero-order valence-electron chi connectivity index (χ0n) is 11.0. The number of ether oxygens (including phenoxy) is 1. The SMILES string of the molecule is CNCc1cc(Br)cc(C)c1OCCC(=O)NC. The highest BCUT2D eigenvalue weighted by atomic mass is 79.9. The number of carbonyl (C=O) groups excluding carboxylic acids is 1. The molecule has 1 aromatic carbocycles. The van der Waals surface area contributed by atoms with Gasteiger partial charge in [0.25, 0.3) is 0 Å². The highest BCUT2D eigenvalue weighted by molar-refractivity contribution is 9.10. The number of hydrogen-bond donors (Lipinski definition) is 2. The van der Waals surface area contributed by atoms with Gasteiger partial charge in [0.1, 0.15) is 5.75 Å². The summed E-state index contributed by atoms with van der Waals surface area (Å²) >= 11 is 3.47. The molecule has 100 valence electrons. The van der Waals surface area contributed by atoms with E-state index in [-0.39, 0.29) is 5.91 Å². The van der Waals surface area contributed by atoms with Crippen LogP contribution in [0.3, 0.4) is 0 Å². The van der Waals surface area contributed by atoms with Crippen molar-refractivity contribution >= 4 is 21.8 Å². The van der Waals surface area contributed by atoms with Gasteiger partial charge in [-0.3, -0.25) is 4.79 Å². The first kappa shape index (κ1) is 15.0. The van der Waals surface area contributed by atoms with Crippen LogP contribution in [0.4, 0.5) is 0 Å². The van der Waals surface area contributed by atoms with Crippen molar-refractivity contribution in [1.29, 1.82) is 0 Å². The standard InChI is InChI=1S/C13H19BrN2O2/c1-9-6-11(14)7-10(8-15-2)13(9)18-5-4-12(17)16-3/h6-7,15H,4-5,8H2,1-3H3,(H,16,17). The van der Waals surface area contributed by atoms with Crippen molar-refractivity contribution in [2.24, 2.45) is 0 Å². The molecule has 0 aromatic heterocycles. The summed E-state index contributed by atoms with van der Waals surface area (Å²) in [5.74, 6) is 0.844. The molecule has 1 rings (SSSR count). The molecule has 0 bridgehead atoms. The third-order valence-corrected chi connectivity index (χ3v) is 3.00. The van der Waals surface area contributed by atoms with Crippen molar-refractivity contribution in [1.82, 2.24) is 10.6 Å². The summed E-state index contributed by atoms with van der Waals surface area (Å²) in [7, 11) is 3.52. The van der Waals surface area contributed by atoms with E-state index in [2.05, 4.69) is 26.6 Å². The minimum atomic E-state index is -0.0140. The molecule has 0 heterocycles. The van der Waals surface area contributed by atoms with Crippen molar-refractivity contribution < 1.29 is 9.53 Å². The summed E-state index contributed by atoms with van der Waals surface area (Å²) in [5, 5.41) is 5.69. The molecule has 4 nitrogen and oxygen atoms in total. The molecule has 0 saturated heterocycles. The Hall–Kier alpha value is -1.07. The Morgan fingerprint density at radius 2 is 2.11 bits per heavy atom. The second-order valence-electron chi connectivity index (χ2n) is 4.01. The van der Waals surface area contributed by atoms with Gasteiger partial charge < -0.3 is 15.4 Å². The van der Waals surface area contributed by atoms with Gasteiger partial charge >= 0.3 is 0 Å². The van der Waals surface area contributed by atoms with Crippen LogP contribution in [0.2, 0.25) is 0 Å². The predicted octanol–water partition coefficient (Wildman–Crippen LogP) is 1.99. The molecule has 1 aromatic rings. The average Bonchev–Trinajstić information content (AvgIpc) is 2.32. The number of hydrogen-bond acceptors (Lipinski definition) is 3. The molecule has 1 amide bonds. The van der Waals surface area contributed by atoms with E-state index in [9.17, 15) is 4.79 Å². The van der Waals surface area contributed by atoms with Gasteiger partial charge in [-0.15, -0.1) is 0 Å². The first-order valence-corrected chi connectivity index (χ1v) is 6.64. The van der Waals surface area contributed by atoms with Crippen LogP contribution in [-0.2, 0) is 11.3 Å². The number of nitrogens with one attached hydrogen (secondary N) is 2. The molecule has 0 unspecified atom stereocenters. The first-order valence-electron chi connectivity index (χ1n) is 5.85. The van der Waals surface area contributed by atoms with E-state index in [1.165, 1.54) is 0 Å². The second kappa shape index (κ2) is 7.38. The molecular formula is C13H19BrN2O2. The molecular weight excluding hydrogens is 296 g/mol. The number of halogens is 1. The smallest absolute Gasteiger partial charge is 0.223 e. The van der Waals surface area contributed by atoms with E-state index in [1.807, 2.05) is 26.1 Å². The lowest BCUT2D eigenvalue weighted by atomic mass is 10.1. The maximum absolute atomic E-state index is 11.1. The normalized spacial score (nSPS) is 10.2. The molecule has 0 aliphatic rings. The first-order chi connectivity index (χ1) is 8.58. The third kappa shape index (κ3) is 4.31. The monoisotopic (exact) mass is 314 g/mol. The van der Waals surface area contributed by atoms with Gasteiger partial charge in [-0.05, 0) is 31.7 Å². The summed E-state index contributed by atoms with van der Waals surface area (Å²) in [5.41, 5.74) is 2.15. The molecule has 0 atom stereocenters. The van der Waals surface area contributed by atoms with Crippen LogP contribution >= 0.6 is 15.9 Å². The zero-order valence-corrected chi connectivity index (χ0v) is 12.6.